The monoisotopic (exact) mass is 384 g/mol. The molecule has 1 aromatic heterocycles. The lowest BCUT2D eigenvalue weighted by atomic mass is 10.1. The molecular formula is C19H18N3O4S-. The van der Waals surface area contributed by atoms with E-state index >= 15 is 0 Å². The van der Waals surface area contributed by atoms with Gasteiger partial charge in [0.2, 0.25) is 0 Å². The number of aryl methyl sites for hydroxylation is 1. The van der Waals surface area contributed by atoms with Crippen LogP contribution in [0.15, 0.2) is 54.6 Å². The van der Waals surface area contributed by atoms with Gasteiger partial charge in [0.15, 0.2) is 0 Å². The minimum absolute atomic E-state index is 0.214. The number of amides is 1. The van der Waals surface area contributed by atoms with E-state index in [9.17, 15) is 13.6 Å². The number of ether oxygens (including phenoxy) is 1. The van der Waals surface area contributed by atoms with E-state index in [1.807, 2.05) is 30.3 Å². The van der Waals surface area contributed by atoms with E-state index in [4.69, 9.17) is 10.5 Å². The summed E-state index contributed by atoms with van der Waals surface area (Å²) in [7, 11) is 0. The Morgan fingerprint density at radius 2 is 1.96 bits per heavy atom. The van der Waals surface area contributed by atoms with E-state index in [1.165, 1.54) is 0 Å². The molecule has 0 spiro atoms. The largest absolute Gasteiger partial charge is 0.771 e. The van der Waals surface area contributed by atoms with Crippen LogP contribution in [0.5, 0.6) is 11.5 Å². The lowest BCUT2D eigenvalue weighted by Gasteiger charge is -2.14. The summed E-state index contributed by atoms with van der Waals surface area (Å²) in [6.45, 7) is 1.75. The maximum absolute atomic E-state index is 11.6. The first kappa shape index (κ1) is 18.7. The summed E-state index contributed by atoms with van der Waals surface area (Å²) in [5, 5.41) is 2.82. The molecule has 2 aromatic carbocycles. The molecule has 140 valence electrons. The molecule has 0 aliphatic rings. The second-order valence-electron chi connectivity index (χ2n) is 5.84. The number of carbonyl (C=O) groups excluding carboxylic acids is 1. The lowest BCUT2D eigenvalue weighted by molar-refractivity contribution is 0.1000. The molecular weight excluding hydrogens is 366 g/mol. The zero-order valence-electron chi connectivity index (χ0n) is 14.5. The van der Waals surface area contributed by atoms with Crippen molar-refractivity contribution in [2.75, 3.05) is 11.2 Å². The molecule has 0 fully saturated rings. The quantitative estimate of drug-likeness (QED) is 0.541. The van der Waals surface area contributed by atoms with E-state index in [1.54, 1.807) is 31.2 Å². The van der Waals surface area contributed by atoms with Gasteiger partial charge in [0.05, 0.1) is 17.1 Å². The van der Waals surface area contributed by atoms with Crippen molar-refractivity contribution < 1.29 is 18.3 Å². The van der Waals surface area contributed by atoms with Crippen LogP contribution in [0.4, 0.5) is 5.69 Å². The minimum Gasteiger partial charge on any atom is -0.771 e. The van der Waals surface area contributed by atoms with Crippen molar-refractivity contribution in [2.24, 2.45) is 5.73 Å². The number of aromatic amines is 1. The van der Waals surface area contributed by atoms with E-state index < -0.39 is 17.0 Å². The number of hydrogen-bond donors (Lipinski definition) is 3. The third-order valence-electron chi connectivity index (χ3n) is 3.92. The van der Waals surface area contributed by atoms with Crippen LogP contribution < -0.4 is 15.8 Å². The highest BCUT2D eigenvalue weighted by Crippen LogP contribution is 2.36. The first-order chi connectivity index (χ1) is 12.9. The molecule has 3 aromatic rings. The van der Waals surface area contributed by atoms with Gasteiger partial charge >= 0.3 is 0 Å². The molecule has 0 aliphatic heterocycles. The summed E-state index contributed by atoms with van der Waals surface area (Å²) in [4.78, 5) is 14.7. The van der Waals surface area contributed by atoms with Gasteiger partial charge in [-0.05, 0) is 54.4 Å². The lowest BCUT2D eigenvalue weighted by Crippen LogP contribution is -2.10. The third kappa shape index (κ3) is 4.55. The van der Waals surface area contributed by atoms with E-state index in [-0.39, 0.29) is 5.88 Å². The van der Waals surface area contributed by atoms with Crippen molar-refractivity contribution in [3.63, 3.8) is 0 Å². The normalized spacial score (nSPS) is 11.8. The number of hydrogen-bond acceptors (Lipinski definition) is 5. The highest BCUT2D eigenvalue weighted by Gasteiger charge is 2.15. The Morgan fingerprint density at radius 3 is 2.59 bits per heavy atom. The van der Waals surface area contributed by atoms with Crippen LogP contribution in [0.2, 0.25) is 0 Å². The molecule has 8 heteroatoms. The van der Waals surface area contributed by atoms with Crippen LogP contribution in [-0.2, 0) is 11.1 Å². The van der Waals surface area contributed by atoms with Crippen molar-refractivity contribution in [2.45, 2.75) is 6.92 Å². The highest BCUT2D eigenvalue weighted by molar-refractivity contribution is 7.79. The van der Waals surface area contributed by atoms with E-state index in [0.29, 0.717) is 39.7 Å². The van der Waals surface area contributed by atoms with Gasteiger partial charge in [-0.1, -0.05) is 18.2 Å². The minimum atomic E-state index is -2.22. The smallest absolute Gasteiger partial charge is 0.250 e. The van der Waals surface area contributed by atoms with E-state index in [2.05, 4.69) is 10.3 Å². The summed E-state index contributed by atoms with van der Waals surface area (Å²) < 4.78 is 27.6. The second kappa shape index (κ2) is 8.07. The molecule has 7 nitrogen and oxygen atoms in total. The Labute approximate surface area is 158 Å². The number of para-hydroxylation sites is 1. The van der Waals surface area contributed by atoms with Crippen LogP contribution in [0.3, 0.4) is 0 Å². The summed E-state index contributed by atoms with van der Waals surface area (Å²) in [5.41, 5.74) is 8.33. The second-order valence-corrected chi connectivity index (χ2v) is 6.73. The first-order valence-corrected chi connectivity index (χ1v) is 9.35. The number of benzene rings is 2. The van der Waals surface area contributed by atoms with Gasteiger partial charge in [0.25, 0.3) is 5.91 Å². The molecule has 0 saturated heterocycles. The Kier molecular flexibility index (Phi) is 5.58. The maximum atomic E-state index is 11.6. The van der Waals surface area contributed by atoms with Gasteiger partial charge < -0.3 is 25.3 Å². The summed E-state index contributed by atoms with van der Waals surface area (Å²) in [6.07, 6.45) is 0. The number of nitrogens with two attached hydrogens (primary N) is 1. The molecule has 1 unspecified atom stereocenters. The SMILES string of the molecule is Cc1[nH]c(-c2cc(NCS(=O)[O-])ccc2Oc2ccccc2)cc1C(N)=O. The van der Waals surface area contributed by atoms with Crippen LogP contribution in [0.25, 0.3) is 11.3 Å². The van der Waals surface area contributed by atoms with Gasteiger partial charge in [0.1, 0.15) is 11.5 Å². The van der Waals surface area contributed by atoms with Crippen LogP contribution in [0, 0.1) is 6.92 Å². The van der Waals surface area contributed by atoms with Gasteiger partial charge in [-0.15, -0.1) is 0 Å². The van der Waals surface area contributed by atoms with Crippen LogP contribution in [0.1, 0.15) is 16.1 Å². The number of H-pyrrole nitrogens is 1. The Bertz CT molecular complexity index is 986. The van der Waals surface area contributed by atoms with Gasteiger partial charge in [-0.3, -0.25) is 9.00 Å². The Morgan fingerprint density at radius 1 is 1.22 bits per heavy atom. The predicted molar refractivity (Wildman–Crippen MR) is 103 cm³/mol. The molecule has 0 saturated carbocycles. The summed E-state index contributed by atoms with van der Waals surface area (Å²) in [5.74, 6) is 0.455. The van der Waals surface area contributed by atoms with Crippen molar-refractivity contribution in [3.8, 4) is 22.8 Å². The number of primary amides is 1. The van der Waals surface area contributed by atoms with E-state index in [0.717, 1.165) is 0 Å². The molecule has 27 heavy (non-hydrogen) atoms. The summed E-state index contributed by atoms with van der Waals surface area (Å²) in [6, 6.07) is 16.1. The van der Waals surface area contributed by atoms with Crippen LogP contribution >= 0.6 is 0 Å². The number of rotatable bonds is 7. The van der Waals surface area contributed by atoms with Gasteiger partial charge in [0, 0.05) is 16.9 Å². The highest BCUT2D eigenvalue weighted by atomic mass is 32.2. The zero-order valence-corrected chi connectivity index (χ0v) is 15.3. The molecule has 0 aliphatic carbocycles. The number of carbonyl (C=O) groups is 1. The first-order valence-electron chi connectivity index (χ1n) is 8.10. The predicted octanol–water partition coefficient (Wildman–Crippen LogP) is 3.13. The number of aromatic nitrogens is 1. The average molecular weight is 384 g/mol. The number of anilines is 1. The molecule has 3 rings (SSSR count). The van der Waals surface area contributed by atoms with Crippen molar-refractivity contribution >= 4 is 22.7 Å². The molecule has 1 atom stereocenters. The fraction of sp³-hybridized carbons (Fsp3) is 0.105. The topological polar surface area (TPSA) is 120 Å². The Balaban J connectivity index is 2.03. The standard InChI is InChI=1S/C19H19N3O4S/c1-12-15(19(20)23)10-17(22-12)16-9-13(21-11-27(24)25)7-8-18(16)26-14-5-3-2-4-6-14/h2-10,21-22H,11H2,1H3,(H2,20,23)(H,24,25)/p-1. The van der Waals surface area contributed by atoms with Crippen LogP contribution in [-0.4, -0.2) is 25.5 Å². The van der Waals surface area contributed by atoms with Crippen molar-refractivity contribution in [1.29, 1.82) is 0 Å². The molecule has 4 N–H and O–H groups in total. The number of nitrogens with one attached hydrogen (secondary N) is 2. The van der Waals surface area contributed by atoms with Crippen molar-refractivity contribution in [3.05, 3.63) is 65.9 Å². The fourth-order valence-corrected chi connectivity index (χ4v) is 2.94. The molecule has 0 bridgehead atoms. The Hall–Kier alpha value is -3.10. The zero-order chi connectivity index (χ0) is 19.4. The molecule has 1 heterocycles. The molecule has 0 radical (unpaired) electrons. The fourth-order valence-electron chi connectivity index (χ4n) is 2.66. The third-order valence-corrected chi connectivity index (χ3v) is 4.30. The average Bonchev–Trinajstić information content (AvgIpc) is 3.03. The molecule has 1 amide bonds. The van der Waals surface area contributed by atoms with Crippen molar-refractivity contribution in [1.82, 2.24) is 4.98 Å². The van der Waals surface area contributed by atoms with Gasteiger partial charge in [-0.25, -0.2) is 0 Å². The maximum Gasteiger partial charge on any atom is 0.250 e. The van der Waals surface area contributed by atoms with Gasteiger partial charge in [-0.2, -0.15) is 0 Å². The summed E-state index contributed by atoms with van der Waals surface area (Å²) >= 11 is -2.22.